The Morgan fingerprint density at radius 1 is 0.743 bits per heavy atom. The molecular weight excluding hydrogens is 471 g/mol. The van der Waals surface area contributed by atoms with Gasteiger partial charge in [0.1, 0.15) is 6.61 Å². The Balaban J connectivity index is 3.90. The van der Waals surface area contributed by atoms with Gasteiger partial charge in [0.2, 0.25) is 0 Å². The molecule has 0 fully saturated rings. The molecule has 0 aromatic heterocycles. The number of phosphoric ester groups is 1. The Morgan fingerprint density at radius 3 is 1.94 bits per heavy atom. The molecule has 0 rings (SSSR count). The third kappa shape index (κ3) is 25.4. The van der Waals surface area contributed by atoms with Crippen LogP contribution >= 0.6 is 7.82 Å². The van der Waals surface area contributed by atoms with E-state index >= 15 is 0 Å². The van der Waals surface area contributed by atoms with Gasteiger partial charge >= 0.3 is 19.8 Å². The molecule has 2 N–H and O–H groups in total. The summed E-state index contributed by atoms with van der Waals surface area (Å²) < 4.78 is 25.5. The van der Waals surface area contributed by atoms with Gasteiger partial charge in [-0.25, -0.2) is 4.57 Å². The van der Waals surface area contributed by atoms with E-state index in [9.17, 15) is 14.2 Å². The highest BCUT2D eigenvalue weighted by atomic mass is 31.2. The van der Waals surface area contributed by atoms with Gasteiger partial charge in [-0.15, -0.1) is 0 Å². The first kappa shape index (κ1) is 33.5. The van der Waals surface area contributed by atoms with Crippen molar-refractivity contribution < 1.29 is 37.9 Å². The van der Waals surface area contributed by atoms with Crippen molar-refractivity contribution in [1.82, 2.24) is 0 Å². The molecule has 204 valence electrons. The van der Waals surface area contributed by atoms with Crippen LogP contribution in [0.15, 0.2) is 24.3 Å². The molecular formula is C26H47O8P. The predicted octanol–water partition coefficient (Wildman–Crippen LogP) is 6.55. The van der Waals surface area contributed by atoms with Crippen molar-refractivity contribution in [1.29, 1.82) is 0 Å². The summed E-state index contributed by atoms with van der Waals surface area (Å²) in [7, 11) is -4.72. The lowest BCUT2D eigenvalue weighted by molar-refractivity contribution is -0.161. The van der Waals surface area contributed by atoms with Crippen molar-refractivity contribution in [2.24, 2.45) is 0 Å². The van der Waals surface area contributed by atoms with E-state index in [0.29, 0.717) is 12.8 Å². The highest BCUT2D eigenvalue weighted by molar-refractivity contribution is 7.46. The van der Waals surface area contributed by atoms with E-state index in [-0.39, 0.29) is 19.4 Å². The van der Waals surface area contributed by atoms with Crippen LogP contribution in [0.2, 0.25) is 0 Å². The van der Waals surface area contributed by atoms with Crippen LogP contribution < -0.4 is 0 Å². The largest absolute Gasteiger partial charge is 0.469 e. The smallest absolute Gasteiger partial charge is 0.462 e. The van der Waals surface area contributed by atoms with Crippen LogP contribution in [-0.4, -0.2) is 41.0 Å². The fourth-order valence-electron chi connectivity index (χ4n) is 3.26. The number of hydrogen-bond donors (Lipinski definition) is 2. The Hall–Kier alpha value is -1.47. The molecule has 0 amide bonds. The molecule has 0 aliphatic rings. The van der Waals surface area contributed by atoms with Gasteiger partial charge in [-0.1, -0.05) is 76.7 Å². The lowest BCUT2D eigenvalue weighted by atomic mass is 10.1. The first-order chi connectivity index (χ1) is 16.8. The number of carbonyl (C=O) groups is 2. The average Bonchev–Trinajstić information content (AvgIpc) is 2.80. The minimum absolute atomic E-state index is 0.194. The van der Waals surface area contributed by atoms with Gasteiger partial charge < -0.3 is 19.3 Å². The van der Waals surface area contributed by atoms with Crippen molar-refractivity contribution in [3.63, 3.8) is 0 Å². The lowest BCUT2D eigenvalue weighted by Crippen LogP contribution is -2.29. The fourth-order valence-corrected chi connectivity index (χ4v) is 3.62. The van der Waals surface area contributed by atoms with E-state index in [0.717, 1.165) is 38.5 Å². The van der Waals surface area contributed by atoms with Gasteiger partial charge in [-0.2, -0.15) is 0 Å². The number of hydrogen-bond acceptors (Lipinski definition) is 6. The fraction of sp³-hybridized carbons (Fsp3) is 0.769. The van der Waals surface area contributed by atoms with E-state index in [2.05, 4.69) is 35.8 Å². The third-order valence-electron chi connectivity index (χ3n) is 5.19. The first-order valence-electron chi connectivity index (χ1n) is 13.1. The lowest BCUT2D eigenvalue weighted by Gasteiger charge is -2.18. The quantitative estimate of drug-likeness (QED) is 0.0676. The SMILES string of the molecule is CCCCCC/C=C\C/C=C\CCCCCCCC(=O)OC(COC(=O)CCC)COP(=O)(O)O. The molecule has 0 aromatic rings. The van der Waals surface area contributed by atoms with Crippen molar-refractivity contribution in [2.75, 3.05) is 13.2 Å². The van der Waals surface area contributed by atoms with Gasteiger partial charge in [0.15, 0.2) is 6.10 Å². The maximum atomic E-state index is 12.1. The highest BCUT2D eigenvalue weighted by Gasteiger charge is 2.22. The summed E-state index contributed by atoms with van der Waals surface area (Å²) in [6.07, 6.45) is 22.2. The van der Waals surface area contributed by atoms with Crippen molar-refractivity contribution in [3.8, 4) is 0 Å². The number of unbranched alkanes of at least 4 members (excludes halogenated alkanes) is 9. The Bertz CT molecular complexity index is 641. The second-order valence-electron chi connectivity index (χ2n) is 8.67. The summed E-state index contributed by atoms with van der Waals surface area (Å²) in [5, 5.41) is 0. The van der Waals surface area contributed by atoms with Crippen molar-refractivity contribution >= 4 is 19.8 Å². The summed E-state index contributed by atoms with van der Waals surface area (Å²) >= 11 is 0. The summed E-state index contributed by atoms with van der Waals surface area (Å²) in [5.41, 5.74) is 0. The Kier molecular flexibility index (Phi) is 22.0. The Labute approximate surface area is 211 Å². The number of phosphoric acid groups is 1. The van der Waals surface area contributed by atoms with Gasteiger partial charge in [-0.05, 0) is 44.9 Å². The normalized spacial score (nSPS) is 12.9. The van der Waals surface area contributed by atoms with E-state index in [1.54, 1.807) is 0 Å². The van der Waals surface area contributed by atoms with E-state index in [1.807, 2.05) is 6.92 Å². The average molecular weight is 519 g/mol. The van der Waals surface area contributed by atoms with Crippen LogP contribution in [0.3, 0.4) is 0 Å². The van der Waals surface area contributed by atoms with Gasteiger partial charge in [0, 0.05) is 12.8 Å². The van der Waals surface area contributed by atoms with Gasteiger partial charge in [-0.3, -0.25) is 14.1 Å². The molecule has 0 saturated carbocycles. The molecule has 0 bridgehead atoms. The van der Waals surface area contributed by atoms with Gasteiger partial charge in [0.25, 0.3) is 0 Å². The van der Waals surface area contributed by atoms with Crippen LogP contribution in [0.5, 0.6) is 0 Å². The second kappa shape index (κ2) is 23.0. The highest BCUT2D eigenvalue weighted by Crippen LogP contribution is 2.35. The number of allylic oxidation sites excluding steroid dienone is 4. The molecule has 0 spiro atoms. The molecule has 0 saturated heterocycles. The number of ether oxygens (including phenoxy) is 2. The number of rotatable bonds is 23. The van der Waals surface area contributed by atoms with Crippen molar-refractivity contribution in [3.05, 3.63) is 24.3 Å². The third-order valence-corrected chi connectivity index (χ3v) is 5.68. The van der Waals surface area contributed by atoms with Crippen LogP contribution in [0.1, 0.15) is 110 Å². The number of esters is 2. The van der Waals surface area contributed by atoms with Crippen LogP contribution in [0, 0.1) is 0 Å². The molecule has 0 aliphatic carbocycles. The maximum Gasteiger partial charge on any atom is 0.469 e. The minimum Gasteiger partial charge on any atom is -0.462 e. The summed E-state index contributed by atoms with van der Waals surface area (Å²) in [4.78, 5) is 41.3. The zero-order valence-electron chi connectivity index (χ0n) is 21.7. The second-order valence-corrected chi connectivity index (χ2v) is 9.90. The molecule has 0 heterocycles. The van der Waals surface area contributed by atoms with Crippen LogP contribution in [0.4, 0.5) is 0 Å². The zero-order valence-corrected chi connectivity index (χ0v) is 22.6. The molecule has 0 radical (unpaired) electrons. The van der Waals surface area contributed by atoms with E-state index < -0.39 is 32.5 Å². The monoisotopic (exact) mass is 518 g/mol. The number of carbonyl (C=O) groups excluding carboxylic acids is 2. The Morgan fingerprint density at radius 2 is 1.34 bits per heavy atom. The topological polar surface area (TPSA) is 119 Å². The van der Waals surface area contributed by atoms with Crippen LogP contribution in [0.25, 0.3) is 0 Å². The first-order valence-corrected chi connectivity index (χ1v) is 14.7. The summed E-state index contributed by atoms with van der Waals surface area (Å²) in [6, 6.07) is 0. The summed E-state index contributed by atoms with van der Waals surface area (Å²) in [5.74, 6) is -0.967. The molecule has 35 heavy (non-hydrogen) atoms. The van der Waals surface area contributed by atoms with E-state index in [4.69, 9.17) is 19.3 Å². The predicted molar refractivity (Wildman–Crippen MR) is 138 cm³/mol. The molecule has 0 aromatic carbocycles. The molecule has 9 heteroatoms. The maximum absolute atomic E-state index is 12.1. The van der Waals surface area contributed by atoms with Crippen LogP contribution in [-0.2, 0) is 28.2 Å². The zero-order chi connectivity index (χ0) is 26.2. The van der Waals surface area contributed by atoms with Crippen molar-refractivity contribution in [2.45, 2.75) is 116 Å². The molecule has 1 atom stereocenters. The molecule has 8 nitrogen and oxygen atoms in total. The summed E-state index contributed by atoms with van der Waals surface area (Å²) in [6.45, 7) is 3.20. The van der Waals surface area contributed by atoms with E-state index in [1.165, 1.54) is 32.1 Å². The van der Waals surface area contributed by atoms with Gasteiger partial charge in [0.05, 0.1) is 6.61 Å². The molecule has 0 aliphatic heterocycles. The standard InChI is InChI=1S/C26H47O8P/c1-3-5-6-7-8-9-10-11-12-13-14-15-16-17-18-19-21-26(28)34-24(23-33-35(29,30)31)22-32-25(27)20-4-2/h9-10,12-13,24H,3-8,11,14-23H2,1-2H3,(H2,29,30,31)/b10-9-,13-12-. The molecule has 1 unspecified atom stereocenters. The minimum atomic E-state index is -4.72.